The Morgan fingerprint density at radius 2 is 1.29 bits per heavy atom. The first kappa shape index (κ1) is 29.0. The van der Waals surface area contributed by atoms with Crippen LogP contribution in [0.5, 0.6) is 0 Å². The van der Waals surface area contributed by atoms with E-state index in [2.05, 4.69) is 150 Å². The highest BCUT2D eigenvalue weighted by atomic mass is 16.3. The van der Waals surface area contributed by atoms with E-state index >= 15 is 0 Å². The maximum absolute atomic E-state index is 6.53. The standard InChI is InChI=1S/C50H39NO/c1-2-14-38-32(10-1)11-8-20-47(38)51(36-13-7-12-33(29-36)39-17-9-18-42-41-16-4-6-21-48(41)52-49(39)42)37-24-25-45-43(30-37)40-15-3-5-19-44(40)50(45)35-23-22-34-26-31(27-35)28-46(34)50/h1-21,24-25,29-31,34-35,46H,22-23,26-28H2/t31-,34?,35-,46+,50?/m0/s1. The lowest BCUT2D eigenvalue weighted by atomic mass is 9.51. The van der Waals surface area contributed by atoms with Crippen LogP contribution in [0.15, 0.2) is 156 Å². The van der Waals surface area contributed by atoms with Gasteiger partial charge in [0.05, 0.1) is 5.69 Å². The molecule has 52 heavy (non-hydrogen) atoms. The average molecular weight is 670 g/mol. The molecule has 4 aliphatic carbocycles. The molecule has 0 saturated heterocycles. The monoisotopic (exact) mass is 669 g/mol. The van der Waals surface area contributed by atoms with Crippen LogP contribution in [0.2, 0.25) is 0 Å². The first-order chi connectivity index (χ1) is 25.8. The van der Waals surface area contributed by atoms with Gasteiger partial charge >= 0.3 is 0 Å². The van der Waals surface area contributed by atoms with Gasteiger partial charge in [0.2, 0.25) is 0 Å². The van der Waals surface area contributed by atoms with Crippen LogP contribution in [-0.2, 0) is 5.41 Å². The summed E-state index contributed by atoms with van der Waals surface area (Å²) in [5.74, 6) is 3.32. The van der Waals surface area contributed by atoms with Gasteiger partial charge in [-0.25, -0.2) is 0 Å². The molecule has 1 aromatic heterocycles. The molecular formula is C50H39NO. The Morgan fingerprint density at radius 3 is 2.27 bits per heavy atom. The predicted molar refractivity (Wildman–Crippen MR) is 215 cm³/mol. The van der Waals surface area contributed by atoms with Gasteiger partial charge in [0, 0.05) is 38.5 Å². The first-order valence-corrected chi connectivity index (χ1v) is 19.3. The van der Waals surface area contributed by atoms with Gasteiger partial charge in [0.25, 0.3) is 0 Å². The van der Waals surface area contributed by atoms with Gasteiger partial charge < -0.3 is 9.32 Å². The zero-order chi connectivity index (χ0) is 34.0. The van der Waals surface area contributed by atoms with Crippen LogP contribution in [0.25, 0.3) is 55.0 Å². The topological polar surface area (TPSA) is 16.4 Å². The van der Waals surface area contributed by atoms with E-state index < -0.39 is 0 Å². The molecule has 3 fully saturated rings. The van der Waals surface area contributed by atoms with Crippen molar-refractivity contribution in [2.45, 2.75) is 37.5 Å². The van der Waals surface area contributed by atoms with Crippen molar-refractivity contribution in [2.24, 2.45) is 23.7 Å². The van der Waals surface area contributed by atoms with E-state index in [1.165, 1.54) is 65.4 Å². The molecule has 250 valence electrons. The van der Waals surface area contributed by atoms with E-state index in [0.717, 1.165) is 62.4 Å². The fraction of sp³-hybridized carbons (Fsp3) is 0.200. The van der Waals surface area contributed by atoms with Crippen LogP contribution in [0.4, 0.5) is 17.1 Å². The molecule has 2 nitrogen and oxygen atoms in total. The molecule has 3 bridgehead atoms. The quantitative estimate of drug-likeness (QED) is 0.185. The lowest BCUT2D eigenvalue weighted by Gasteiger charge is -2.52. The van der Waals surface area contributed by atoms with Crippen molar-refractivity contribution >= 4 is 49.8 Å². The van der Waals surface area contributed by atoms with Crippen molar-refractivity contribution in [1.82, 2.24) is 0 Å². The highest BCUT2D eigenvalue weighted by molar-refractivity contribution is 6.10. The third-order valence-corrected chi connectivity index (χ3v) is 13.7. The molecule has 8 aromatic rings. The summed E-state index contributed by atoms with van der Waals surface area (Å²) >= 11 is 0. The number of nitrogens with zero attached hydrogens (tertiary/aromatic N) is 1. The number of furan rings is 1. The molecule has 0 amide bonds. The van der Waals surface area contributed by atoms with Gasteiger partial charge in [-0.3, -0.25) is 0 Å². The molecule has 3 saturated carbocycles. The highest BCUT2D eigenvalue weighted by Crippen LogP contribution is 2.70. The van der Waals surface area contributed by atoms with E-state index in [9.17, 15) is 0 Å². The molecule has 12 rings (SSSR count). The van der Waals surface area contributed by atoms with Crippen LogP contribution in [0, 0.1) is 23.7 Å². The molecule has 0 aliphatic heterocycles. The molecule has 2 heteroatoms. The van der Waals surface area contributed by atoms with Gasteiger partial charge in [-0.05, 0) is 125 Å². The van der Waals surface area contributed by atoms with Gasteiger partial charge in [0.1, 0.15) is 11.2 Å². The van der Waals surface area contributed by atoms with Gasteiger partial charge in [-0.1, -0.05) is 115 Å². The fourth-order valence-electron chi connectivity index (χ4n) is 11.9. The van der Waals surface area contributed by atoms with E-state index in [1.807, 2.05) is 6.07 Å². The lowest BCUT2D eigenvalue weighted by molar-refractivity contribution is 0.0768. The second-order valence-electron chi connectivity index (χ2n) is 16.0. The summed E-state index contributed by atoms with van der Waals surface area (Å²) < 4.78 is 6.53. The predicted octanol–water partition coefficient (Wildman–Crippen LogP) is 13.6. The molecule has 1 heterocycles. The summed E-state index contributed by atoms with van der Waals surface area (Å²) in [7, 11) is 0. The van der Waals surface area contributed by atoms with Crippen molar-refractivity contribution in [3.05, 3.63) is 163 Å². The van der Waals surface area contributed by atoms with Crippen molar-refractivity contribution in [1.29, 1.82) is 0 Å². The Balaban J connectivity index is 1.07. The molecule has 2 unspecified atom stereocenters. The van der Waals surface area contributed by atoms with E-state index in [0.29, 0.717) is 0 Å². The number of rotatable bonds is 4. The molecule has 0 N–H and O–H groups in total. The fourth-order valence-corrected chi connectivity index (χ4v) is 11.9. The van der Waals surface area contributed by atoms with Crippen LogP contribution in [0.3, 0.4) is 0 Å². The zero-order valence-electron chi connectivity index (χ0n) is 29.1. The van der Waals surface area contributed by atoms with E-state index in [1.54, 1.807) is 11.1 Å². The Morgan fingerprint density at radius 1 is 0.538 bits per heavy atom. The third kappa shape index (κ3) is 3.85. The Labute approximate surface area is 304 Å². The normalized spacial score (nSPS) is 23.8. The number of anilines is 3. The Kier molecular flexibility index (Phi) is 5.98. The summed E-state index contributed by atoms with van der Waals surface area (Å²) in [5.41, 5.74) is 13.9. The highest BCUT2D eigenvalue weighted by Gasteiger charge is 2.63. The average Bonchev–Trinajstić information content (AvgIpc) is 3.79. The molecule has 5 atom stereocenters. The number of benzene rings is 7. The minimum atomic E-state index is 0.163. The van der Waals surface area contributed by atoms with Crippen molar-refractivity contribution in [3.8, 4) is 22.3 Å². The zero-order valence-corrected chi connectivity index (χ0v) is 29.1. The van der Waals surface area contributed by atoms with Crippen molar-refractivity contribution in [2.75, 3.05) is 4.90 Å². The summed E-state index contributed by atoms with van der Waals surface area (Å²) in [5, 5.41) is 4.80. The number of fused-ring (bicyclic) bond motifs is 8. The largest absolute Gasteiger partial charge is 0.455 e. The number of hydrogen-bond donors (Lipinski definition) is 0. The second-order valence-corrected chi connectivity index (χ2v) is 16.0. The first-order valence-electron chi connectivity index (χ1n) is 19.3. The molecule has 7 aromatic carbocycles. The van der Waals surface area contributed by atoms with Gasteiger partial charge in [-0.2, -0.15) is 0 Å². The number of para-hydroxylation sites is 2. The van der Waals surface area contributed by atoms with Crippen LogP contribution in [0.1, 0.15) is 43.2 Å². The SMILES string of the molecule is c1cc(-c2cccc3c2oc2ccccc23)cc(N(c2ccc3c(c2)-c2ccccc2C32[C@H]3CCC4C[C@@H](C3)C[C@H]42)c2cccc3ccccc23)c1. The lowest BCUT2D eigenvalue weighted by Crippen LogP contribution is -2.48. The summed E-state index contributed by atoms with van der Waals surface area (Å²) in [6.45, 7) is 0. The Hall–Kier alpha value is -5.60. The maximum Gasteiger partial charge on any atom is 0.143 e. The van der Waals surface area contributed by atoms with Crippen LogP contribution >= 0.6 is 0 Å². The van der Waals surface area contributed by atoms with E-state index in [4.69, 9.17) is 4.42 Å². The van der Waals surface area contributed by atoms with Crippen molar-refractivity contribution in [3.63, 3.8) is 0 Å². The minimum Gasteiger partial charge on any atom is -0.455 e. The summed E-state index contributed by atoms with van der Waals surface area (Å²) in [6.07, 6.45) is 7.06. The third-order valence-electron chi connectivity index (χ3n) is 13.7. The second kappa shape index (κ2) is 10.7. The number of hydrogen-bond acceptors (Lipinski definition) is 2. The van der Waals surface area contributed by atoms with Crippen molar-refractivity contribution < 1.29 is 4.42 Å². The molecule has 4 aliphatic rings. The smallest absolute Gasteiger partial charge is 0.143 e. The Bertz CT molecular complexity index is 2730. The minimum absolute atomic E-state index is 0.163. The van der Waals surface area contributed by atoms with Crippen LogP contribution < -0.4 is 4.90 Å². The van der Waals surface area contributed by atoms with Crippen LogP contribution in [-0.4, -0.2) is 0 Å². The van der Waals surface area contributed by atoms with Gasteiger partial charge in [0.15, 0.2) is 0 Å². The summed E-state index contributed by atoms with van der Waals surface area (Å²) in [6, 6.07) is 56.5. The van der Waals surface area contributed by atoms with Gasteiger partial charge in [-0.15, -0.1) is 0 Å². The molecule has 0 radical (unpaired) electrons. The molecular weight excluding hydrogens is 631 g/mol. The maximum atomic E-state index is 6.53. The molecule has 1 spiro atoms. The summed E-state index contributed by atoms with van der Waals surface area (Å²) in [4.78, 5) is 2.50. The van der Waals surface area contributed by atoms with E-state index in [-0.39, 0.29) is 5.41 Å².